The highest BCUT2D eigenvalue weighted by molar-refractivity contribution is 6.03. The van der Waals surface area contributed by atoms with Gasteiger partial charge in [0.15, 0.2) is 0 Å². The van der Waals surface area contributed by atoms with Crippen LogP contribution in [0.1, 0.15) is 45.0 Å². The Balaban J connectivity index is 0.00000124. The summed E-state index contributed by atoms with van der Waals surface area (Å²) in [5.41, 5.74) is 5.55. The molecule has 2 aromatic carbocycles. The van der Waals surface area contributed by atoms with Gasteiger partial charge in [-0.05, 0) is 54.5 Å². The van der Waals surface area contributed by atoms with Gasteiger partial charge in [0.1, 0.15) is 25.6 Å². The molecule has 1 unspecified atom stereocenters. The van der Waals surface area contributed by atoms with Gasteiger partial charge in [0, 0.05) is 47.6 Å². The third-order valence-electron chi connectivity index (χ3n) is 6.49. The third kappa shape index (κ3) is 7.44. The lowest BCUT2D eigenvalue weighted by Gasteiger charge is -2.26. The van der Waals surface area contributed by atoms with Crippen LogP contribution in [0, 0.1) is 5.82 Å². The van der Waals surface area contributed by atoms with Gasteiger partial charge < -0.3 is 34.9 Å². The van der Waals surface area contributed by atoms with Gasteiger partial charge in [-0.15, -0.1) is 0 Å². The van der Waals surface area contributed by atoms with Crippen LogP contribution in [-0.4, -0.2) is 41.5 Å². The second-order valence-corrected chi connectivity index (χ2v) is 8.70. The molecule has 0 amide bonds. The number of carbonyl (C=O) groups is 2. The summed E-state index contributed by atoms with van der Waals surface area (Å²) in [5, 5.41) is 17.8. The Morgan fingerprint density at radius 1 is 1.12 bits per heavy atom. The number of halogens is 1. The minimum Gasteiger partial charge on any atom is -0.387 e. The lowest BCUT2D eigenvalue weighted by molar-refractivity contribution is -0.0987. The van der Waals surface area contributed by atoms with E-state index in [1.165, 1.54) is 6.07 Å². The van der Waals surface area contributed by atoms with Crippen LogP contribution in [0.2, 0.25) is 0 Å². The highest BCUT2D eigenvalue weighted by Gasteiger charge is 2.26. The number of H-pyrrole nitrogens is 1. The van der Waals surface area contributed by atoms with Crippen LogP contribution in [0.25, 0.3) is 39.9 Å². The zero-order valence-electron chi connectivity index (χ0n) is 24.3. The molecule has 9 heteroatoms. The fourth-order valence-electron chi connectivity index (χ4n) is 4.77. The van der Waals surface area contributed by atoms with Crippen molar-refractivity contribution in [3.8, 4) is 11.1 Å². The molecule has 4 N–H and O–H groups in total. The molecule has 0 aliphatic carbocycles. The fourth-order valence-corrected chi connectivity index (χ4v) is 4.77. The molecule has 1 aliphatic heterocycles. The summed E-state index contributed by atoms with van der Waals surface area (Å²) < 4.78 is 17.1. The number of hydrogen-bond donors (Lipinski definition) is 4. The number of aromatic nitrogens is 2. The number of nitrogens with one attached hydrogen (secondary N) is 3. The summed E-state index contributed by atoms with van der Waals surface area (Å²) in [6.07, 6.45) is 6.06. The number of aliphatic hydroxyl groups excluding tert-OH is 1. The maximum absolute atomic E-state index is 15.2. The Labute approximate surface area is 252 Å². The van der Waals surface area contributed by atoms with E-state index in [2.05, 4.69) is 22.2 Å². The maximum atomic E-state index is 15.2. The number of carbonyl (C=O) groups excluding carboxylic acids is 2. The minimum absolute atomic E-state index is 0. The molecule has 3 heterocycles. The van der Waals surface area contributed by atoms with E-state index in [-0.39, 0.29) is 25.3 Å². The Hall–Kier alpha value is -5.02. The van der Waals surface area contributed by atoms with Crippen LogP contribution < -0.4 is 16.2 Å². The molecule has 0 saturated carbocycles. The highest BCUT2D eigenvalue weighted by Crippen LogP contribution is 2.39. The van der Waals surface area contributed by atoms with E-state index >= 15 is 4.39 Å². The second kappa shape index (κ2) is 17.1. The summed E-state index contributed by atoms with van der Waals surface area (Å²) in [6.45, 7) is 14.3. The number of pyridine rings is 1. The molecule has 4 aromatic rings. The predicted molar refractivity (Wildman–Crippen MR) is 177 cm³/mol. The average Bonchev–Trinajstić information content (AvgIpc) is 3.33. The molecule has 0 saturated heterocycles. The van der Waals surface area contributed by atoms with Crippen LogP contribution in [0.4, 0.5) is 10.1 Å². The standard InChI is InChI=1S/C29H27FN4O2.C2H6.2CH2O.CH4/c1-4-8-18-14-22-25(15-23(18)30)34(16-20-13-19-9-5-6-11-24(19)33-28(20)35)27(17(2)31-3)26(22)21-10-7-12-32-29(21)36;3*1-2;/h4-15,28,31,33,35H,2,16H2,1,3H3,(H,32,36);1-2H3;2*1H2;1H4/b8-4-;;;;. The first-order chi connectivity index (χ1) is 20.4. The molecular formula is C34H41FN4O4. The number of aliphatic hydroxyl groups is 1. The monoisotopic (exact) mass is 588 g/mol. The SMILES string of the molecule is C.C=C(NC)c1c(-c2ccc[nH]c2=O)c2cc(/C=C\C)c(F)cc2n1CC1=Cc2ccccc2NC1O.C=O.C=O.CC. The molecule has 2 aromatic heterocycles. The summed E-state index contributed by atoms with van der Waals surface area (Å²) >= 11 is 0. The first kappa shape index (κ1) is 36.0. The van der Waals surface area contributed by atoms with Gasteiger partial charge in [-0.2, -0.15) is 0 Å². The summed E-state index contributed by atoms with van der Waals surface area (Å²) in [6, 6.07) is 14.5. The van der Waals surface area contributed by atoms with Crippen molar-refractivity contribution >= 4 is 48.0 Å². The molecule has 0 bridgehead atoms. The van der Waals surface area contributed by atoms with Crippen molar-refractivity contribution in [2.75, 3.05) is 12.4 Å². The van der Waals surface area contributed by atoms with Gasteiger partial charge in [0.2, 0.25) is 0 Å². The molecule has 5 rings (SSSR count). The molecular weight excluding hydrogens is 547 g/mol. The second-order valence-electron chi connectivity index (χ2n) is 8.70. The van der Waals surface area contributed by atoms with Crippen molar-refractivity contribution in [1.29, 1.82) is 0 Å². The number of anilines is 1. The molecule has 1 atom stereocenters. The van der Waals surface area contributed by atoms with Crippen LogP contribution in [-0.2, 0) is 16.1 Å². The molecule has 43 heavy (non-hydrogen) atoms. The highest BCUT2D eigenvalue weighted by atomic mass is 19.1. The number of rotatable bonds is 6. The normalized spacial score (nSPS) is 12.9. The van der Waals surface area contributed by atoms with Crippen LogP contribution in [0.15, 0.2) is 77.8 Å². The largest absolute Gasteiger partial charge is 0.387 e. The van der Waals surface area contributed by atoms with E-state index in [0.29, 0.717) is 44.6 Å². The van der Waals surface area contributed by atoms with E-state index in [0.717, 1.165) is 11.3 Å². The smallest absolute Gasteiger partial charge is 0.255 e. The van der Waals surface area contributed by atoms with E-state index in [1.807, 2.05) is 69.3 Å². The van der Waals surface area contributed by atoms with Crippen molar-refractivity contribution in [2.45, 2.75) is 41.0 Å². The number of fused-ring (bicyclic) bond motifs is 2. The number of nitrogens with zero attached hydrogens (tertiary/aromatic N) is 1. The number of benzene rings is 2. The zero-order chi connectivity index (χ0) is 31.4. The quantitative estimate of drug-likeness (QED) is 0.205. The summed E-state index contributed by atoms with van der Waals surface area (Å²) in [7, 11) is 1.75. The number of allylic oxidation sites excluding steroid dienone is 1. The molecule has 0 fully saturated rings. The Morgan fingerprint density at radius 3 is 2.42 bits per heavy atom. The molecule has 0 spiro atoms. The number of para-hydroxylation sites is 1. The lowest BCUT2D eigenvalue weighted by Crippen LogP contribution is -2.27. The van der Waals surface area contributed by atoms with Gasteiger partial charge in [-0.25, -0.2) is 4.39 Å². The molecule has 0 radical (unpaired) electrons. The van der Waals surface area contributed by atoms with Crippen LogP contribution >= 0.6 is 0 Å². The van der Waals surface area contributed by atoms with Gasteiger partial charge in [0.05, 0.1) is 16.9 Å². The van der Waals surface area contributed by atoms with Gasteiger partial charge in [-0.1, -0.05) is 58.2 Å². The van der Waals surface area contributed by atoms with Crippen molar-refractivity contribution in [3.05, 3.63) is 106 Å². The Bertz CT molecular complexity index is 1650. The third-order valence-corrected chi connectivity index (χ3v) is 6.49. The zero-order valence-corrected chi connectivity index (χ0v) is 24.3. The topological polar surface area (TPSA) is 116 Å². The van der Waals surface area contributed by atoms with Gasteiger partial charge in [0.25, 0.3) is 5.56 Å². The first-order valence-corrected chi connectivity index (χ1v) is 13.3. The van der Waals surface area contributed by atoms with E-state index in [9.17, 15) is 9.90 Å². The Kier molecular flexibility index (Phi) is 14.3. The predicted octanol–water partition coefficient (Wildman–Crippen LogP) is 6.48. The lowest BCUT2D eigenvalue weighted by atomic mass is 10.00. The van der Waals surface area contributed by atoms with Gasteiger partial charge >= 0.3 is 0 Å². The van der Waals surface area contributed by atoms with Crippen molar-refractivity contribution < 1.29 is 19.1 Å². The van der Waals surface area contributed by atoms with Crippen molar-refractivity contribution in [2.24, 2.45) is 0 Å². The molecule has 8 nitrogen and oxygen atoms in total. The first-order valence-electron chi connectivity index (χ1n) is 13.3. The number of aromatic amines is 1. The van der Waals surface area contributed by atoms with E-state index < -0.39 is 6.23 Å². The van der Waals surface area contributed by atoms with Crippen LogP contribution in [0.3, 0.4) is 0 Å². The van der Waals surface area contributed by atoms with Crippen molar-refractivity contribution in [1.82, 2.24) is 14.9 Å². The van der Waals surface area contributed by atoms with Crippen LogP contribution in [0.5, 0.6) is 0 Å². The number of hydrogen-bond acceptors (Lipinski definition) is 6. The van der Waals surface area contributed by atoms with Crippen molar-refractivity contribution in [3.63, 3.8) is 0 Å². The fraction of sp³-hybridized carbons (Fsp3) is 0.206. The average molecular weight is 589 g/mol. The van der Waals surface area contributed by atoms with E-state index in [4.69, 9.17) is 9.59 Å². The van der Waals surface area contributed by atoms with E-state index in [1.54, 1.807) is 43.6 Å². The van der Waals surface area contributed by atoms with Gasteiger partial charge in [-0.3, -0.25) is 4.79 Å². The molecule has 228 valence electrons. The molecule has 1 aliphatic rings. The summed E-state index contributed by atoms with van der Waals surface area (Å²) in [5.74, 6) is -0.379. The summed E-state index contributed by atoms with van der Waals surface area (Å²) in [4.78, 5) is 31.7. The maximum Gasteiger partial charge on any atom is 0.255 e. The Morgan fingerprint density at radius 2 is 1.79 bits per heavy atom. The minimum atomic E-state index is -0.927.